The van der Waals surface area contributed by atoms with E-state index in [0.29, 0.717) is 11.8 Å². The Bertz CT molecular complexity index is 1040. The van der Waals surface area contributed by atoms with Crippen LogP contribution in [-0.4, -0.2) is 0 Å². The van der Waals surface area contributed by atoms with Crippen molar-refractivity contribution >= 4 is 5.57 Å². The first-order valence-electron chi connectivity index (χ1n) is 10.2. The average Bonchev–Trinajstić information content (AvgIpc) is 3.28. The maximum Gasteiger partial charge on any atom is 0.0253 e. The molecule has 3 aromatic rings. The second-order valence-electron chi connectivity index (χ2n) is 8.23. The van der Waals surface area contributed by atoms with Crippen molar-refractivity contribution in [2.45, 2.75) is 39.5 Å². The Morgan fingerprint density at radius 3 is 1.32 bits per heavy atom. The van der Waals surface area contributed by atoms with Gasteiger partial charge in [0.15, 0.2) is 0 Å². The zero-order valence-corrected chi connectivity index (χ0v) is 17.1. The maximum absolute atomic E-state index is 2.44. The Hall–Kier alpha value is -2.86. The molecule has 138 valence electrons. The lowest BCUT2D eigenvalue weighted by Crippen LogP contribution is -2.04. The van der Waals surface area contributed by atoms with Crippen molar-refractivity contribution in [1.29, 1.82) is 0 Å². The Morgan fingerprint density at radius 1 is 0.536 bits per heavy atom. The van der Waals surface area contributed by atoms with Gasteiger partial charge in [-0.1, -0.05) is 72.8 Å². The molecule has 0 amide bonds. The molecule has 0 heterocycles. The fourth-order valence-corrected chi connectivity index (χ4v) is 5.32. The molecule has 28 heavy (non-hydrogen) atoms. The number of hydrogen-bond donors (Lipinski definition) is 0. The van der Waals surface area contributed by atoms with Crippen LogP contribution in [0.25, 0.3) is 5.57 Å². The number of hydrogen-bond acceptors (Lipinski definition) is 0. The second kappa shape index (κ2) is 6.34. The maximum atomic E-state index is 2.44. The lowest BCUT2D eigenvalue weighted by molar-refractivity contribution is 1.03. The van der Waals surface area contributed by atoms with E-state index in [2.05, 4.69) is 101 Å². The normalized spacial score (nSPS) is 19.2. The van der Waals surface area contributed by atoms with Crippen LogP contribution in [0.4, 0.5) is 0 Å². The lowest BCUT2D eigenvalue weighted by atomic mass is 9.84. The Balaban J connectivity index is 1.84. The molecule has 0 spiro atoms. The topological polar surface area (TPSA) is 0 Å². The molecule has 2 aliphatic carbocycles. The molecule has 0 aliphatic heterocycles. The summed E-state index contributed by atoms with van der Waals surface area (Å²) < 4.78 is 0. The summed E-state index contributed by atoms with van der Waals surface area (Å²) in [5, 5.41) is 0. The van der Waals surface area contributed by atoms with Crippen LogP contribution in [0.2, 0.25) is 0 Å². The zero-order valence-electron chi connectivity index (χ0n) is 17.1. The summed E-state index contributed by atoms with van der Waals surface area (Å²) in [5.74, 6) is 0.793. The fraction of sp³-hybridized carbons (Fsp3) is 0.214. The molecular formula is C28H26. The van der Waals surface area contributed by atoms with Gasteiger partial charge < -0.3 is 0 Å². The molecule has 2 bridgehead atoms. The zero-order chi connectivity index (χ0) is 19.4. The highest BCUT2D eigenvalue weighted by Gasteiger charge is 2.42. The molecule has 0 nitrogen and oxygen atoms in total. The van der Waals surface area contributed by atoms with Gasteiger partial charge in [-0.3, -0.25) is 0 Å². The van der Waals surface area contributed by atoms with E-state index >= 15 is 0 Å². The van der Waals surface area contributed by atoms with E-state index < -0.39 is 0 Å². The quantitative estimate of drug-likeness (QED) is 0.424. The summed E-state index contributed by atoms with van der Waals surface area (Å²) in [4.78, 5) is 0. The summed E-state index contributed by atoms with van der Waals surface area (Å²) in [7, 11) is 0. The number of rotatable bonds is 2. The SMILES string of the molecule is Cc1c(C)c(C)c2c(c1C)[C@@H]1C=C[C@H]2C1=C(c1ccccc1)c1ccccc1. The minimum Gasteiger partial charge on any atom is -0.0760 e. The van der Waals surface area contributed by atoms with Crippen LogP contribution in [-0.2, 0) is 0 Å². The van der Waals surface area contributed by atoms with Crippen molar-refractivity contribution in [3.63, 3.8) is 0 Å². The first kappa shape index (κ1) is 17.3. The van der Waals surface area contributed by atoms with Crippen LogP contribution in [0.1, 0.15) is 56.3 Å². The first-order valence-corrected chi connectivity index (χ1v) is 10.2. The highest BCUT2D eigenvalue weighted by molar-refractivity contribution is 5.88. The van der Waals surface area contributed by atoms with Gasteiger partial charge in [0.1, 0.15) is 0 Å². The third kappa shape index (κ3) is 2.31. The number of allylic oxidation sites excluding steroid dienone is 3. The predicted octanol–water partition coefficient (Wildman–Crippen LogP) is 7.17. The summed E-state index contributed by atoms with van der Waals surface area (Å²) in [6.45, 7) is 9.20. The van der Waals surface area contributed by atoms with E-state index in [9.17, 15) is 0 Å². The van der Waals surface area contributed by atoms with Crippen molar-refractivity contribution in [2.24, 2.45) is 0 Å². The lowest BCUT2D eigenvalue weighted by Gasteiger charge is -2.20. The molecule has 0 aromatic heterocycles. The van der Waals surface area contributed by atoms with E-state index in [4.69, 9.17) is 0 Å². The van der Waals surface area contributed by atoms with Crippen LogP contribution in [0.15, 0.2) is 78.4 Å². The smallest absolute Gasteiger partial charge is 0.0253 e. The Morgan fingerprint density at radius 2 is 0.929 bits per heavy atom. The summed E-state index contributed by atoms with van der Waals surface area (Å²) in [5.41, 5.74) is 14.6. The van der Waals surface area contributed by atoms with Gasteiger partial charge in [-0.25, -0.2) is 0 Å². The van der Waals surface area contributed by atoms with Crippen LogP contribution in [0.5, 0.6) is 0 Å². The van der Waals surface area contributed by atoms with Gasteiger partial charge in [0.25, 0.3) is 0 Å². The second-order valence-corrected chi connectivity index (χ2v) is 8.23. The van der Waals surface area contributed by atoms with Crippen molar-refractivity contribution in [3.8, 4) is 0 Å². The van der Waals surface area contributed by atoms with E-state index in [0.717, 1.165) is 0 Å². The number of benzene rings is 3. The van der Waals surface area contributed by atoms with E-state index in [-0.39, 0.29) is 0 Å². The van der Waals surface area contributed by atoms with Crippen LogP contribution in [0.3, 0.4) is 0 Å². The van der Waals surface area contributed by atoms with Gasteiger partial charge in [0.05, 0.1) is 0 Å². The molecule has 5 rings (SSSR count). The Kier molecular flexibility index (Phi) is 3.91. The summed E-state index contributed by atoms with van der Waals surface area (Å²) >= 11 is 0. The average molecular weight is 363 g/mol. The predicted molar refractivity (Wildman–Crippen MR) is 119 cm³/mol. The highest BCUT2D eigenvalue weighted by Crippen LogP contribution is 2.58. The minimum atomic E-state index is 0.397. The molecule has 3 aromatic carbocycles. The molecule has 0 heteroatoms. The van der Waals surface area contributed by atoms with E-state index in [1.165, 1.54) is 39.0 Å². The van der Waals surface area contributed by atoms with Gasteiger partial charge in [0.2, 0.25) is 0 Å². The highest BCUT2D eigenvalue weighted by atomic mass is 14.5. The van der Waals surface area contributed by atoms with Gasteiger partial charge in [-0.2, -0.15) is 0 Å². The molecule has 2 aliphatic rings. The van der Waals surface area contributed by atoms with E-state index in [1.54, 1.807) is 16.7 Å². The molecule has 0 radical (unpaired) electrons. The van der Waals surface area contributed by atoms with Crippen molar-refractivity contribution in [3.05, 3.63) is 123 Å². The van der Waals surface area contributed by atoms with Gasteiger partial charge in [-0.05, 0) is 83.3 Å². The monoisotopic (exact) mass is 362 g/mol. The molecular weight excluding hydrogens is 336 g/mol. The minimum absolute atomic E-state index is 0.397. The van der Waals surface area contributed by atoms with Crippen LogP contribution >= 0.6 is 0 Å². The third-order valence-electron chi connectivity index (χ3n) is 6.99. The summed E-state index contributed by atoms with van der Waals surface area (Å²) in [6.07, 6.45) is 4.88. The van der Waals surface area contributed by atoms with Crippen molar-refractivity contribution < 1.29 is 0 Å². The molecule has 2 atom stereocenters. The fourth-order valence-electron chi connectivity index (χ4n) is 5.32. The standard InChI is InChI=1S/C28H26/c1-17-18(2)20(4)26-24-16-15-23(25(26)19(17)3)28(24)27(21-11-7-5-8-12-21)22-13-9-6-10-14-22/h5-16,23-24H,1-4H3/t23-,24+. The number of fused-ring (bicyclic) bond motifs is 5. The van der Waals surface area contributed by atoms with Crippen molar-refractivity contribution in [1.82, 2.24) is 0 Å². The largest absolute Gasteiger partial charge is 0.0760 e. The molecule has 0 fully saturated rings. The summed E-state index contributed by atoms with van der Waals surface area (Å²) in [6, 6.07) is 21.9. The molecule has 0 N–H and O–H groups in total. The molecule has 0 saturated heterocycles. The third-order valence-corrected chi connectivity index (χ3v) is 6.99. The van der Waals surface area contributed by atoms with Crippen LogP contribution < -0.4 is 0 Å². The molecule has 0 saturated carbocycles. The van der Waals surface area contributed by atoms with Gasteiger partial charge in [-0.15, -0.1) is 0 Å². The van der Waals surface area contributed by atoms with Gasteiger partial charge >= 0.3 is 0 Å². The molecule has 0 unspecified atom stereocenters. The Labute approximate surface area is 168 Å². The first-order chi connectivity index (χ1) is 13.6. The van der Waals surface area contributed by atoms with Crippen molar-refractivity contribution in [2.75, 3.05) is 0 Å². The van der Waals surface area contributed by atoms with Gasteiger partial charge in [0, 0.05) is 11.8 Å². The van der Waals surface area contributed by atoms with E-state index in [1.807, 2.05) is 0 Å². The van der Waals surface area contributed by atoms with Crippen LogP contribution in [0, 0.1) is 27.7 Å².